The third-order valence-corrected chi connectivity index (χ3v) is 3.71. The van der Waals surface area contributed by atoms with Crippen molar-refractivity contribution in [1.29, 1.82) is 0 Å². The van der Waals surface area contributed by atoms with Gasteiger partial charge in [-0.05, 0) is 32.9 Å². The van der Waals surface area contributed by atoms with Crippen molar-refractivity contribution >= 4 is 0 Å². The van der Waals surface area contributed by atoms with Gasteiger partial charge in [-0.1, -0.05) is 18.2 Å². The van der Waals surface area contributed by atoms with Crippen LogP contribution in [-0.4, -0.2) is 39.3 Å². The van der Waals surface area contributed by atoms with Gasteiger partial charge in [0.15, 0.2) is 12.0 Å². The van der Waals surface area contributed by atoms with E-state index < -0.39 is 5.79 Å². The number of aromatic hydroxyl groups is 1. The van der Waals surface area contributed by atoms with Gasteiger partial charge >= 0.3 is 0 Å². The summed E-state index contributed by atoms with van der Waals surface area (Å²) in [6.07, 6.45) is 3.61. The largest absolute Gasteiger partial charge is 0.508 e. The molecule has 0 amide bonds. The fourth-order valence-electron chi connectivity index (χ4n) is 2.78. The van der Waals surface area contributed by atoms with E-state index in [0.29, 0.717) is 12.4 Å². The first-order chi connectivity index (χ1) is 10.9. The second kappa shape index (κ2) is 6.31. The summed E-state index contributed by atoms with van der Waals surface area (Å²) >= 11 is 0. The molecule has 6 heteroatoms. The van der Waals surface area contributed by atoms with Crippen molar-refractivity contribution in [3.63, 3.8) is 0 Å². The number of aryl methyl sites for hydroxylation is 1. The maximum Gasteiger partial charge on any atom is 0.164 e. The predicted molar refractivity (Wildman–Crippen MR) is 83.9 cm³/mol. The molecule has 3 heterocycles. The number of nitrogens with zero attached hydrogens (tertiary/aromatic N) is 2. The van der Waals surface area contributed by atoms with Gasteiger partial charge in [-0.15, -0.1) is 0 Å². The van der Waals surface area contributed by atoms with Crippen molar-refractivity contribution in [3.05, 3.63) is 48.5 Å². The summed E-state index contributed by atoms with van der Waals surface area (Å²) in [7, 11) is 0. The van der Waals surface area contributed by atoms with Crippen LogP contribution in [0.4, 0.5) is 0 Å². The minimum atomic E-state index is -0.507. The van der Waals surface area contributed by atoms with Crippen molar-refractivity contribution in [2.24, 2.45) is 0 Å². The number of fused-ring (bicyclic) bond motifs is 1. The van der Waals surface area contributed by atoms with Gasteiger partial charge in [0.25, 0.3) is 0 Å². The zero-order valence-electron chi connectivity index (χ0n) is 13.5. The predicted octanol–water partition coefficient (Wildman–Crippen LogP) is 2.63. The fraction of sp³-hybridized carbons (Fsp3) is 0.471. The first kappa shape index (κ1) is 16.0. The molecule has 124 valence electrons. The SMILES string of the molecule is Cc1cn(C2OCC3OC(C)(C)OC32)cn1.Oc1ccccc1. The molecule has 0 spiro atoms. The zero-order chi connectivity index (χ0) is 16.4. The normalized spacial score (nSPS) is 28.0. The topological polar surface area (TPSA) is 65.7 Å². The van der Waals surface area contributed by atoms with Crippen LogP contribution in [0.2, 0.25) is 0 Å². The number of rotatable bonds is 1. The van der Waals surface area contributed by atoms with E-state index in [1.54, 1.807) is 30.6 Å². The summed E-state index contributed by atoms with van der Waals surface area (Å²) in [5.41, 5.74) is 0.977. The van der Waals surface area contributed by atoms with Crippen molar-refractivity contribution in [1.82, 2.24) is 9.55 Å². The Morgan fingerprint density at radius 3 is 2.52 bits per heavy atom. The maximum absolute atomic E-state index is 8.63. The molecule has 2 aliphatic rings. The Bertz CT molecular complexity index is 641. The van der Waals surface area contributed by atoms with Gasteiger partial charge in [0.1, 0.15) is 18.0 Å². The average molecular weight is 318 g/mol. The summed E-state index contributed by atoms with van der Waals surface area (Å²) < 4.78 is 19.2. The molecule has 3 unspecified atom stereocenters. The Kier molecular flexibility index (Phi) is 4.39. The Morgan fingerprint density at radius 2 is 1.96 bits per heavy atom. The van der Waals surface area contributed by atoms with Gasteiger partial charge in [-0.25, -0.2) is 4.98 Å². The molecule has 1 N–H and O–H groups in total. The second-order valence-electron chi connectivity index (χ2n) is 6.16. The van der Waals surface area contributed by atoms with Crippen molar-refractivity contribution < 1.29 is 19.3 Å². The molecule has 1 aromatic heterocycles. The molecule has 2 aromatic rings. The lowest BCUT2D eigenvalue weighted by Gasteiger charge is -2.22. The summed E-state index contributed by atoms with van der Waals surface area (Å²) in [6.45, 7) is 6.40. The summed E-state index contributed by atoms with van der Waals surface area (Å²) in [4.78, 5) is 4.20. The van der Waals surface area contributed by atoms with Crippen LogP contribution in [0, 0.1) is 6.92 Å². The number of phenolic OH excluding ortho intramolecular Hbond substituents is 1. The van der Waals surface area contributed by atoms with Crippen LogP contribution < -0.4 is 0 Å². The minimum absolute atomic E-state index is 0.0303. The lowest BCUT2D eigenvalue weighted by Crippen LogP contribution is -2.27. The molecule has 2 fully saturated rings. The number of aromatic nitrogens is 2. The Morgan fingerprint density at radius 1 is 1.22 bits per heavy atom. The van der Waals surface area contributed by atoms with Gasteiger partial charge < -0.3 is 23.9 Å². The summed E-state index contributed by atoms with van der Waals surface area (Å²) in [5.74, 6) is -0.185. The van der Waals surface area contributed by atoms with Gasteiger partial charge in [-0.2, -0.15) is 0 Å². The molecule has 6 nitrogen and oxygen atoms in total. The second-order valence-corrected chi connectivity index (χ2v) is 6.16. The van der Waals surface area contributed by atoms with E-state index in [1.165, 1.54) is 0 Å². The average Bonchev–Trinajstić information content (AvgIpc) is 3.14. The molecule has 0 radical (unpaired) electrons. The molecule has 23 heavy (non-hydrogen) atoms. The fourth-order valence-corrected chi connectivity index (χ4v) is 2.78. The van der Waals surface area contributed by atoms with Crippen molar-refractivity contribution in [2.45, 2.75) is 45.0 Å². The van der Waals surface area contributed by atoms with E-state index >= 15 is 0 Å². The third kappa shape index (κ3) is 3.72. The minimum Gasteiger partial charge on any atom is -0.508 e. The van der Waals surface area contributed by atoms with Gasteiger partial charge in [0, 0.05) is 6.20 Å². The lowest BCUT2D eigenvalue weighted by molar-refractivity contribution is -0.183. The molecule has 4 rings (SSSR count). The zero-order valence-corrected chi connectivity index (χ0v) is 13.5. The van der Waals surface area contributed by atoms with E-state index in [2.05, 4.69) is 4.98 Å². The van der Waals surface area contributed by atoms with Crippen LogP contribution in [0.3, 0.4) is 0 Å². The number of benzene rings is 1. The monoisotopic (exact) mass is 318 g/mol. The Labute approximate surface area is 135 Å². The summed E-state index contributed by atoms with van der Waals surface area (Å²) in [6, 6.07) is 8.71. The quantitative estimate of drug-likeness (QED) is 0.875. The molecule has 1 aromatic carbocycles. The van der Waals surface area contributed by atoms with E-state index in [1.807, 2.05) is 37.6 Å². The molecule has 3 atom stereocenters. The van der Waals surface area contributed by atoms with Gasteiger partial charge in [0.2, 0.25) is 0 Å². The molecule has 2 aliphatic heterocycles. The third-order valence-electron chi connectivity index (χ3n) is 3.71. The van der Waals surface area contributed by atoms with E-state index in [4.69, 9.17) is 19.3 Å². The Balaban J connectivity index is 0.000000188. The number of hydrogen-bond acceptors (Lipinski definition) is 5. The first-order valence-electron chi connectivity index (χ1n) is 7.66. The first-order valence-corrected chi connectivity index (χ1v) is 7.66. The highest BCUT2D eigenvalue weighted by atomic mass is 16.8. The van der Waals surface area contributed by atoms with Crippen LogP contribution in [0.25, 0.3) is 0 Å². The number of phenols is 1. The Hall–Kier alpha value is -1.89. The van der Waals surface area contributed by atoms with Crippen molar-refractivity contribution in [3.8, 4) is 5.75 Å². The van der Waals surface area contributed by atoms with E-state index in [0.717, 1.165) is 5.69 Å². The van der Waals surface area contributed by atoms with Crippen LogP contribution in [-0.2, 0) is 14.2 Å². The molecule has 0 aliphatic carbocycles. The number of ether oxygens (including phenoxy) is 3. The molecular weight excluding hydrogens is 296 g/mol. The van der Waals surface area contributed by atoms with Crippen molar-refractivity contribution in [2.75, 3.05) is 6.61 Å². The smallest absolute Gasteiger partial charge is 0.164 e. The highest BCUT2D eigenvalue weighted by Gasteiger charge is 2.50. The lowest BCUT2D eigenvalue weighted by atomic mass is 10.2. The van der Waals surface area contributed by atoms with Gasteiger partial charge in [0.05, 0.1) is 18.6 Å². The standard InChI is InChI=1S/C11H16N2O3.C6H6O/c1-7-4-13(6-12-7)10-9-8(5-14-10)15-11(2,3)16-9;7-6-4-2-1-3-5-6/h4,6,8-10H,5H2,1-3H3;1-5,7H. The van der Waals surface area contributed by atoms with E-state index in [9.17, 15) is 0 Å². The molecular formula is C17H22N2O4. The van der Waals surface area contributed by atoms with Crippen LogP contribution in [0.5, 0.6) is 5.75 Å². The highest BCUT2D eigenvalue weighted by molar-refractivity contribution is 5.18. The number of imidazole rings is 1. The number of para-hydroxylation sites is 1. The molecule has 2 saturated heterocycles. The maximum atomic E-state index is 8.63. The highest BCUT2D eigenvalue weighted by Crippen LogP contribution is 2.39. The van der Waals surface area contributed by atoms with Crippen LogP contribution >= 0.6 is 0 Å². The molecule has 0 saturated carbocycles. The molecule has 0 bridgehead atoms. The van der Waals surface area contributed by atoms with E-state index in [-0.39, 0.29) is 18.4 Å². The van der Waals surface area contributed by atoms with Crippen LogP contribution in [0.15, 0.2) is 42.9 Å². The summed E-state index contributed by atoms with van der Waals surface area (Å²) in [5, 5.41) is 8.63. The number of hydrogen-bond donors (Lipinski definition) is 1. The van der Waals surface area contributed by atoms with Gasteiger partial charge in [-0.3, -0.25) is 0 Å². The van der Waals surface area contributed by atoms with Crippen LogP contribution in [0.1, 0.15) is 25.8 Å².